The summed E-state index contributed by atoms with van der Waals surface area (Å²) in [5, 5.41) is 5.68. The van der Waals surface area contributed by atoms with Gasteiger partial charge in [0.15, 0.2) is 0 Å². The molecule has 0 spiro atoms. The van der Waals surface area contributed by atoms with Gasteiger partial charge in [0.1, 0.15) is 19.0 Å². The molecule has 35 heavy (non-hydrogen) atoms. The summed E-state index contributed by atoms with van der Waals surface area (Å²) in [5.74, 6) is -0.882. The summed E-state index contributed by atoms with van der Waals surface area (Å²) < 4.78 is 15.4. The Kier molecular flexibility index (Phi) is 8.83. The van der Waals surface area contributed by atoms with Crippen LogP contribution in [0.15, 0.2) is 60.7 Å². The van der Waals surface area contributed by atoms with Crippen molar-refractivity contribution >= 4 is 40.8 Å². The molecule has 0 fully saturated rings. The van der Waals surface area contributed by atoms with Crippen LogP contribution in [0.3, 0.4) is 0 Å². The van der Waals surface area contributed by atoms with Crippen molar-refractivity contribution in [1.29, 1.82) is 0 Å². The van der Waals surface area contributed by atoms with Gasteiger partial charge in [-0.05, 0) is 48.4 Å². The zero-order valence-corrected chi connectivity index (χ0v) is 20.3. The molecule has 9 heteroatoms. The first-order chi connectivity index (χ1) is 16.8. The topological polar surface area (TPSA) is 103 Å². The molecule has 2 amide bonds. The Morgan fingerprint density at radius 1 is 0.857 bits per heavy atom. The lowest BCUT2D eigenvalue weighted by Crippen LogP contribution is -2.24. The molecule has 3 rings (SSSR count). The smallest absolute Gasteiger partial charge is 0.340 e. The van der Waals surface area contributed by atoms with Gasteiger partial charge in [-0.25, -0.2) is 4.79 Å². The van der Waals surface area contributed by atoms with Crippen molar-refractivity contribution in [1.82, 2.24) is 0 Å². The Bertz CT molecular complexity index is 1240. The van der Waals surface area contributed by atoms with Gasteiger partial charge in [-0.15, -0.1) is 0 Å². The highest BCUT2D eigenvalue weighted by Crippen LogP contribution is 2.32. The molecule has 0 saturated heterocycles. The minimum Gasteiger partial charge on any atom is -0.496 e. The second-order valence-corrected chi connectivity index (χ2v) is 7.94. The molecule has 2 N–H and O–H groups in total. The normalized spacial score (nSPS) is 10.4. The number of para-hydroxylation sites is 1. The van der Waals surface area contributed by atoms with Crippen LogP contribution in [0.4, 0.5) is 11.4 Å². The van der Waals surface area contributed by atoms with Crippen LogP contribution >= 0.6 is 11.6 Å². The van der Waals surface area contributed by atoms with Gasteiger partial charge in [0, 0.05) is 16.3 Å². The molecule has 0 radical (unpaired) electrons. The Morgan fingerprint density at radius 3 is 2.23 bits per heavy atom. The molecule has 0 heterocycles. The molecule has 0 bridgehead atoms. The molecule has 0 aromatic heterocycles. The van der Waals surface area contributed by atoms with E-state index in [4.69, 9.17) is 25.8 Å². The third-order valence-corrected chi connectivity index (χ3v) is 5.29. The molecule has 0 unspecified atom stereocenters. The Morgan fingerprint density at radius 2 is 1.54 bits per heavy atom. The minimum absolute atomic E-state index is 0.108. The van der Waals surface area contributed by atoms with Crippen LogP contribution in [0.25, 0.3) is 11.1 Å². The molecule has 0 atom stereocenters. The van der Waals surface area contributed by atoms with Crippen molar-refractivity contribution in [2.45, 2.75) is 6.92 Å². The highest BCUT2D eigenvalue weighted by Gasteiger charge is 2.15. The van der Waals surface area contributed by atoms with Crippen LogP contribution < -0.4 is 15.4 Å². The summed E-state index contributed by atoms with van der Waals surface area (Å²) >= 11 is 5.91. The average molecular weight is 497 g/mol. The van der Waals surface area contributed by atoms with E-state index in [1.165, 1.54) is 25.3 Å². The third kappa shape index (κ3) is 6.81. The maximum absolute atomic E-state index is 12.4. The SMILES string of the molecule is COC(=O)c1cc(Cl)ccc1NC(=O)COCC(=O)Nc1cc(-c2ccccc2OC)ccc1C. The molecule has 8 nitrogen and oxygen atoms in total. The van der Waals surface area contributed by atoms with E-state index in [1.807, 2.05) is 49.4 Å². The largest absolute Gasteiger partial charge is 0.496 e. The van der Waals surface area contributed by atoms with E-state index in [9.17, 15) is 14.4 Å². The first-order valence-corrected chi connectivity index (χ1v) is 11.0. The zero-order chi connectivity index (χ0) is 25.4. The third-order valence-electron chi connectivity index (χ3n) is 5.06. The number of halogens is 1. The number of esters is 1. The van der Waals surface area contributed by atoms with Crippen LogP contribution in [0.2, 0.25) is 5.02 Å². The van der Waals surface area contributed by atoms with Crippen molar-refractivity contribution in [2.75, 3.05) is 38.1 Å². The van der Waals surface area contributed by atoms with Gasteiger partial charge >= 0.3 is 5.97 Å². The van der Waals surface area contributed by atoms with Gasteiger partial charge in [-0.1, -0.05) is 41.9 Å². The van der Waals surface area contributed by atoms with Gasteiger partial charge in [0.25, 0.3) is 0 Å². The Labute approximate surface area is 208 Å². The number of anilines is 2. The lowest BCUT2D eigenvalue weighted by Gasteiger charge is -2.13. The van der Waals surface area contributed by atoms with E-state index in [0.717, 1.165) is 22.4 Å². The van der Waals surface area contributed by atoms with Gasteiger partial charge < -0.3 is 24.8 Å². The molecule has 3 aromatic rings. The lowest BCUT2D eigenvalue weighted by atomic mass is 10.0. The molecule has 0 aliphatic rings. The molecular formula is C26H25ClN2O6. The monoisotopic (exact) mass is 496 g/mol. The lowest BCUT2D eigenvalue weighted by molar-refractivity contribution is -0.125. The fourth-order valence-electron chi connectivity index (χ4n) is 3.32. The van der Waals surface area contributed by atoms with Crippen LogP contribution in [0, 0.1) is 6.92 Å². The highest BCUT2D eigenvalue weighted by molar-refractivity contribution is 6.31. The van der Waals surface area contributed by atoms with Crippen molar-refractivity contribution in [3.63, 3.8) is 0 Å². The van der Waals surface area contributed by atoms with Crippen molar-refractivity contribution in [3.05, 3.63) is 76.8 Å². The number of benzene rings is 3. The molecule has 0 saturated carbocycles. The number of methoxy groups -OCH3 is 2. The number of hydrogen-bond acceptors (Lipinski definition) is 6. The number of carbonyl (C=O) groups excluding carboxylic acids is 3. The summed E-state index contributed by atoms with van der Waals surface area (Å²) in [7, 11) is 2.83. The van der Waals surface area contributed by atoms with Gasteiger partial charge in [0.2, 0.25) is 11.8 Å². The maximum atomic E-state index is 12.4. The number of aryl methyl sites for hydroxylation is 1. The van der Waals surface area contributed by atoms with Crippen LogP contribution in [-0.2, 0) is 19.1 Å². The summed E-state index contributed by atoms with van der Waals surface area (Å²) in [6.07, 6.45) is 0. The van der Waals surface area contributed by atoms with Crippen LogP contribution in [-0.4, -0.2) is 45.2 Å². The standard InChI is InChI=1S/C26H25ClN2O6/c1-16-8-9-17(19-6-4-5-7-23(19)33-2)12-22(16)29-25(31)15-35-14-24(30)28-21-11-10-18(27)13-20(21)26(32)34-3/h4-13H,14-15H2,1-3H3,(H,28,30)(H,29,31). The van der Waals surface area contributed by atoms with E-state index in [1.54, 1.807) is 7.11 Å². The average Bonchev–Trinajstić information content (AvgIpc) is 2.86. The van der Waals surface area contributed by atoms with Crippen molar-refractivity contribution in [3.8, 4) is 16.9 Å². The first kappa shape index (κ1) is 25.7. The van der Waals surface area contributed by atoms with E-state index < -0.39 is 24.4 Å². The summed E-state index contributed by atoms with van der Waals surface area (Å²) in [4.78, 5) is 36.6. The second-order valence-electron chi connectivity index (χ2n) is 7.50. The van der Waals surface area contributed by atoms with Crippen LogP contribution in [0.5, 0.6) is 5.75 Å². The van der Waals surface area contributed by atoms with Crippen molar-refractivity contribution in [2.24, 2.45) is 0 Å². The predicted molar refractivity (Wildman–Crippen MR) is 134 cm³/mol. The number of hydrogen-bond donors (Lipinski definition) is 2. The summed E-state index contributed by atoms with van der Waals surface area (Å²) in [5.41, 5.74) is 3.60. The fourth-order valence-corrected chi connectivity index (χ4v) is 3.49. The number of amides is 2. The Balaban J connectivity index is 1.58. The number of rotatable bonds is 9. The van der Waals surface area contributed by atoms with E-state index >= 15 is 0 Å². The summed E-state index contributed by atoms with van der Waals surface area (Å²) in [6.45, 7) is 1.15. The highest BCUT2D eigenvalue weighted by atomic mass is 35.5. The summed E-state index contributed by atoms with van der Waals surface area (Å²) in [6, 6.07) is 17.7. The molecule has 182 valence electrons. The van der Waals surface area contributed by atoms with Gasteiger partial charge in [0.05, 0.1) is 25.5 Å². The minimum atomic E-state index is -0.645. The first-order valence-electron chi connectivity index (χ1n) is 10.6. The van der Waals surface area contributed by atoms with Gasteiger partial charge in [-0.3, -0.25) is 9.59 Å². The molecule has 0 aliphatic heterocycles. The molecule has 0 aliphatic carbocycles. The second kappa shape index (κ2) is 12.0. The molecular weight excluding hydrogens is 472 g/mol. The molecule has 3 aromatic carbocycles. The quantitative estimate of drug-likeness (QED) is 0.416. The van der Waals surface area contributed by atoms with Crippen LogP contribution in [0.1, 0.15) is 15.9 Å². The van der Waals surface area contributed by atoms with Gasteiger partial charge in [-0.2, -0.15) is 0 Å². The number of ether oxygens (including phenoxy) is 3. The predicted octanol–water partition coefficient (Wildman–Crippen LogP) is 4.70. The maximum Gasteiger partial charge on any atom is 0.340 e. The number of carbonyl (C=O) groups is 3. The van der Waals surface area contributed by atoms with E-state index in [2.05, 4.69) is 10.6 Å². The van der Waals surface area contributed by atoms with Crippen molar-refractivity contribution < 1.29 is 28.6 Å². The van der Waals surface area contributed by atoms with E-state index in [-0.39, 0.29) is 17.9 Å². The fraction of sp³-hybridized carbons (Fsp3) is 0.192. The number of nitrogens with one attached hydrogen (secondary N) is 2. The van der Waals surface area contributed by atoms with E-state index in [0.29, 0.717) is 10.7 Å². The Hall–Kier alpha value is -3.88. The zero-order valence-electron chi connectivity index (χ0n) is 19.5.